The Bertz CT molecular complexity index is 1290. The van der Waals surface area contributed by atoms with Crippen molar-refractivity contribution in [1.82, 2.24) is 14.8 Å². The average molecular weight is 547 g/mol. The number of carbonyl (C=O) groups excluding carboxylic acids is 2. The average Bonchev–Trinajstić information content (AvgIpc) is 3.54. The molecule has 0 spiro atoms. The van der Waals surface area contributed by atoms with Crippen LogP contribution in [-0.2, 0) is 35.5 Å². The van der Waals surface area contributed by atoms with E-state index in [4.69, 9.17) is 21.1 Å². The summed E-state index contributed by atoms with van der Waals surface area (Å²) < 4.78 is 12.8. The number of amides is 1. The summed E-state index contributed by atoms with van der Waals surface area (Å²) in [6, 6.07) is 3.76. The largest absolute Gasteiger partial charge is 0.486 e. The quantitative estimate of drug-likeness (QED) is 0.207. The second-order valence-corrected chi connectivity index (χ2v) is 10.8. The van der Waals surface area contributed by atoms with Crippen LogP contribution in [0.15, 0.2) is 29.9 Å². The molecule has 1 N–H and O–H groups in total. The number of carbonyl (C=O) groups is 2. The second kappa shape index (κ2) is 11.5. The molecule has 3 aromatic rings. The van der Waals surface area contributed by atoms with Crippen LogP contribution < -0.4 is 10.1 Å². The number of rotatable bonds is 10. The molecule has 0 bridgehead atoms. The summed E-state index contributed by atoms with van der Waals surface area (Å²) in [6.45, 7) is 8.35. The molecule has 11 heteroatoms. The predicted octanol–water partition coefficient (Wildman–Crippen LogP) is 5.38. The van der Waals surface area contributed by atoms with Gasteiger partial charge in [-0.05, 0) is 61.9 Å². The van der Waals surface area contributed by atoms with Gasteiger partial charge in [0.25, 0.3) is 0 Å². The van der Waals surface area contributed by atoms with E-state index in [1.807, 2.05) is 30.5 Å². The molecule has 4 rings (SSSR count). The maximum Gasteiger partial charge on any atom is 0.341 e. The number of thiophene rings is 1. The first-order valence-electron chi connectivity index (χ1n) is 11.4. The number of nitrogens with one attached hydrogen (secondary N) is 1. The number of benzene rings is 1. The number of anilines is 1. The van der Waals surface area contributed by atoms with Crippen molar-refractivity contribution in [3.63, 3.8) is 0 Å². The summed E-state index contributed by atoms with van der Waals surface area (Å²) in [5, 5.41) is 13.2. The van der Waals surface area contributed by atoms with Crippen LogP contribution >= 0.6 is 34.7 Å². The Hall–Kier alpha value is -2.82. The van der Waals surface area contributed by atoms with Crippen LogP contribution in [0.1, 0.15) is 44.2 Å². The van der Waals surface area contributed by atoms with E-state index in [0.29, 0.717) is 33.8 Å². The number of allylic oxidation sites excluding steroid dienone is 1. The normalized spacial score (nSPS) is 12.3. The number of fused-ring (bicyclic) bond motifs is 1. The fraction of sp³-hybridized carbons (Fsp3) is 0.360. The molecule has 0 saturated heterocycles. The maximum atomic E-state index is 12.8. The van der Waals surface area contributed by atoms with Crippen LogP contribution in [0.5, 0.6) is 5.75 Å². The fourth-order valence-electron chi connectivity index (χ4n) is 4.09. The fourth-order valence-corrected chi connectivity index (χ4v) is 6.25. The Labute approximate surface area is 223 Å². The number of thioether (sulfide) groups is 1. The third-order valence-electron chi connectivity index (χ3n) is 5.78. The molecule has 36 heavy (non-hydrogen) atoms. The van der Waals surface area contributed by atoms with Crippen LogP contribution in [0, 0.1) is 13.8 Å². The molecule has 1 amide bonds. The summed E-state index contributed by atoms with van der Waals surface area (Å²) in [6.07, 6.45) is 4.49. The molecule has 0 saturated carbocycles. The molecule has 1 aliphatic carbocycles. The zero-order valence-electron chi connectivity index (χ0n) is 20.4. The summed E-state index contributed by atoms with van der Waals surface area (Å²) >= 11 is 8.96. The Morgan fingerprint density at radius 1 is 1.28 bits per heavy atom. The van der Waals surface area contributed by atoms with Crippen molar-refractivity contribution in [2.75, 3.05) is 18.2 Å². The smallest absolute Gasteiger partial charge is 0.341 e. The zero-order chi connectivity index (χ0) is 25.8. The Balaban J connectivity index is 1.42. The number of esters is 1. The zero-order valence-corrected chi connectivity index (χ0v) is 22.7. The van der Waals surface area contributed by atoms with Gasteiger partial charge in [-0.15, -0.1) is 28.1 Å². The van der Waals surface area contributed by atoms with E-state index in [-0.39, 0.29) is 18.3 Å². The van der Waals surface area contributed by atoms with E-state index < -0.39 is 5.97 Å². The van der Waals surface area contributed by atoms with E-state index in [1.54, 1.807) is 6.08 Å². The number of ether oxygens (including phenoxy) is 2. The standard InChI is InChI=1S/C25H27ClN4O4S2/c1-5-9-30-19(12-34-16-10-14(2)22(26)15(3)11-16)28-29-25(30)35-13-20(31)27-23-21(24(32)33-4)17-7-6-8-18(17)36-23/h5,10-11H,1,6-9,12-13H2,2-4H3,(H,27,31). The lowest BCUT2D eigenvalue weighted by Crippen LogP contribution is -2.17. The van der Waals surface area contributed by atoms with Crippen molar-refractivity contribution in [2.45, 2.75) is 51.4 Å². The molecule has 0 unspecified atom stereocenters. The van der Waals surface area contributed by atoms with Gasteiger partial charge >= 0.3 is 5.97 Å². The van der Waals surface area contributed by atoms with E-state index >= 15 is 0 Å². The molecule has 0 fully saturated rings. The molecular formula is C25H27ClN4O4S2. The van der Waals surface area contributed by atoms with Gasteiger partial charge in [0.15, 0.2) is 11.0 Å². The van der Waals surface area contributed by atoms with E-state index in [1.165, 1.54) is 30.2 Å². The highest BCUT2D eigenvalue weighted by atomic mass is 35.5. The first-order chi connectivity index (χ1) is 17.3. The van der Waals surface area contributed by atoms with E-state index in [9.17, 15) is 9.59 Å². The molecule has 2 aromatic heterocycles. The van der Waals surface area contributed by atoms with Gasteiger partial charge in [-0.25, -0.2) is 4.79 Å². The summed E-state index contributed by atoms with van der Waals surface area (Å²) in [5.41, 5.74) is 3.35. The van der Waals surface area contributed by atoms with Gasteiger partial charge in [0.1, 0.15) is 17.4 Å². The lowest BCUT2D eigenvalue weighted by Gasteiger charge is -2.11. The topological polar surface area (TPSA) is 95.3 Å². The summed E-state index contributed by atoms with van der Waals surface area (Å²) in [4.78, 5) is 26.2. The SMILES string of the molecule is C=CCn1c(COc2cc(C)c(Cl)c(C)c2)nnc1SCC(=O)Nc1sc2c(c1C(=O)OC)CCC2. The van der Waals surface area contributed by atoms with E-state index in [2.05, 4.69) is 22.1 Å². The summed E-state index contributed by atoms with van der Waals surface area (Å²) in [7, 11) is 1.35. The molecule has 0 radical (unpaired) electrons. The number of hydrogen-bond acceptors (Lipinski definition) is 8. The van der Waals surface area contributed by atoms with Crippen molar-refractivity contribution < 1.29 is 19.1 Å². The van der Waals surface area contributed by atoms with Crippen LogP contribution in [0.4, 0.5) is 5.00 Å². The number of aryl methyl sites for hydroxylation is 3. The third kappa shape index (κ3) is 5.61. The number of halogens is 1. The molecule has 190 valence electrons. The first-order valence-corrected chi connectivity index (χ1v) is 13.6. The molecule has 8 nitrogen and oxygen atoms in total. The molecule has 0 aliphatic heterocycles. The Morgan fingerprint density at radius 3 is 2.72 bits per heavy atom. The number of hydrogen-bond donors (Lipinski definition) is 1. The number of methoxy groups -OCH3 is 1. The van der Waals surface area contributed by atoms with Gasteiger partial charge in [-0.3, -0.25) is 9.36 Å². The van der Waals surface area contributed by atoms with Crippen LogP contribution in [0.25, 0.3) is 0 Å². The minimum atomic E-state index is -0.418. The van der Waals surface area contributed by atoms with Gasteiger partial charge < -0.3 is 14.8 Å². The van der Waals surface area contributed by atoms with Crippen molar-refractivity contribution in [3.05, 3.63) is 62.8 Å². The Morgan fingerprint density at radius 2 is 2.03 bits per heavy atom. The lowest BCUT2D eigenvalue weighted by atomic mass is 10.1. The molecule has 1 aromatic carbocycles. The highest BCUT2D eigenvalue weighted by Gasteiger charge is 2.28. The second-order valence-electron chi connectivity index (χ2n) is 8.35. The first kappa shape index (κ1) is 26.2. The predicted molar refractivity (Wildman–Crippen MR) is 143 cm³/mol. The van der Waals surface area contributed by atoms with Crippen LogP contribution in [0.2, 0.25) is 5.02 Å². The number of aromatic nitrogens is 3. The summed E-state index contributed by atoms with van der Waals surface area (Å²) in [5.74, 6) is 0.766. The van der Waals surface area contributed by atoms with Gasteiger partial charge in [0.2, 0.25) is 5.91 Å². The van der Waals surface area contributed by atoms with Crippen molar-refractivity contribution >= 4 is 51.6 Å². The highest BCUT2D eigenvalue weighted by Crippen LogP contribution is 2.39. The van der Waals surface area contributed by atoms with Crippen LogP contribution in [0.3, 0.4) is 0 Å². The van der Waals surface area contributed by atoms with Crippen LogP contribution in [-0.4, -0.2) is 39.5 Å². The molecule has 1 aliphatic rings. The monoisotopic (exact) mass is 546 g/mol. The Kier molecular flexibility index (Phi) is 8.38. The minimum Gasteiger partial charge on any atom is -0.486 e. The lowest BCUT2D eigenvalue weighted by molar-refractivity contribution is -0.113. The van der Waals surface area contributed by atoms with Gasteiger partial charge in [0.05, 0.1) is 18.4 Å². The van der Waals surface area contributed by atoms with Gasteiger partial charge in [0, 0.05) is 16.4 Å². The molecule has 2 heterocycles. The molecular weight excluding hydrogens is 520 g/mol. The molecule has 0 atom stereocenters. The minimum absolute atomic E-state index is 0.106. The van der Waals surface area contributed by atoms with Crippen molar-refractivity contribution in [3.8, 4) is 5.75 Å². The van der Waals surface area contributed by atoms with Gasteiger partial charge in [-0.1, -0.05) is 29.4 Å². The number of nitrogens with zero attached hydrogens (tertiary/aromatic N) is 3. The van der Waals surface area contributed by atoms with Crippen molar-refractivity contribution in [1.29, 1.82) is 0 Å². The maximum absolute atomic E-state index is 12.8. The highest BCUT2D eigenvalue weighted by molar-refractivity contribution is 7.99. The van der Waals surface area contributed by atoms with Crippen molar-refractivity contribution in [2.24, 2.45) is 0 Å². The van der Waals surface area contributed by atoms with E-state index in [0.717, 1.165) is 45.9 Å². The third-order valence-corrected chi connectivity index (χ3v) is 8.55. The van der Waals surface area contributed by atoms with Gasteiger partial charge in [-0.2, -0.15) is 0 Å².